The van der Waals surface area contributed by atoms with E-state index in [0.717, 1.165) is 79.1 Å². The molecule has 2 aliphatic heterocycles. The predicted octanol–water partition coefficient (Wildman–Crippen LogP) is 6.19. The Morgan fingerprint density at radius 3 is 2.56 bits per heavy atom. The van der Waals surface area contributed by atoms with Crippen molar-refractivity contribution in [1.82, 2.24) is 9.88 Å². The summed E-state index contributed by atoms with van der Waals surface area (Å²) in [6.07, 6.45) is 2.38. The van der Waals surface area contributed by atoms with Gasteiger partial charge in [0.25, 0.3) is 15.9 Å². The van der Waals surface area contributed by atoms with E-state index in [1.54, 1.807) is 17.0 Å². The average molecular weight is 662 g/mol. The monoisotopic (exact) mass is 660 g/mol. The maximum absolute atomic E-state index is 14.0. The third kappa shape index (κ3) is 6.55. The van der Waals surface area contributed by atoms with Crippen LogP contribution < -0.4 is 9.21 Å². The molecule has 0 radical (unpaired) electrons. The molecule has 0 atom stereocenters. The Balaban J connectivity index is 0.00000368. The molecule has 1 fully saturated rings. The van der Waals surface area contributed by atoms with Gasteiger partial charge < -0.3 is 4.74 Å². The van der Waals surface area contributed by atoms with Gasteiger partial charge >= 0.3 is 0 Å². The first-order valence-electron chi connectivity index (χ1n) is 14.2. The summed E-state index contributed by atoms with van der Waals surface area (Å²) in [6.45, 7) is 6.88. The number of nitrogens with zero attached hydrogens (tertiary/aromatic N) is 4. The van der Waals surface area contributed by atoms with Crippen molar-refractivity contribution < 1.29 is 17.9 Å². The highest BCUT2D eigenvalue weighted by Crippen LogP contribution is 2.35. The summed E-state index contributed by atoms with van der Waals surface area (Å²) >= 11 is 7.81. The molecule has 6 rings (SSSR count). The highest BCUT2D eigenvalue weighted by molar-refractivity contribution is 7.92. The molecule has 4 aromatic rings. The van der Waals surface area contributed by atoms with Crippen LogP contribution in [0.1, 0.15) is 34.3 Å². The van der Waals surface area contributed by atoms with E-state index in [0.29, 0.717) is 28.8 Å². The molecule has 0 aliphatic carbocycles. The first-order chi connectivity index (χ1) is 20.3. The number of carbonyl (C=O) groups is 1. The molecule has 0 spiro atoms. The second kappa shape index (κ2) is 13.5. The van der Waals surface area contributed by atoms with Crippen molar-refractivity contribution in [2.24, 2.45) is 0 Å². The van der Waals surface area contributed by atoms with E-state index >= 15 is 0 Å². The lowest BCUT2D eigenvalue weighted by atomic mass is 10.0. The summed E-state index contributed by atoms with van der Waals surface area (Å²) in [4.78, 5) is 23.0. The number of thiazole rings is 1. The fourth-order valence-electron chi connectivity index (χ4n) is 5.57. The Hall–Kier alpha value is -2.73. The van der Waals surface area contributed by atoms with E-state index in [4.69, 9.17) is 21.3 Å². The van der Waals surface area contributed by atoms with Crippen LogP contribution in [-0.2, 0) is 21.2 Å². The zero-order chi connectivity index (χ0) is 29.3. The standard InChI is InChI=1S/C31H33ClN4O4S2.ClH/c1-22-26(32)13-14-28-29(22)33-31(41-28)35(16-5-15-34-18-20-40-21-19-34)30(37)24-9-11-25(12-10-24)42(38,39)36-17-4-7-23-6-2-3-8-27(23)36;/h2-3,6,8-14H,4-5,7,15-21H2,1H3;1H. The minimum absolute atomic E-state index is 0. The Kier molecular flexibility index (Phi) is 9.95. The van der Waals surface area contributed by atoms with E-state index in [1.165, 1.54) is 27.8 Å². The molecule has 8 nitrogen and oxygen atoms in total. The largest absolute Gasteiger partial charge is 0.379 e. The van der Waals surface area contributed by atoms with E-state index in [-0.39, 0.29) is 23.2 Å². The number of aromatic nitrogens is 1. The first-order valence-corrected chi connectivity index (χ1v) is 16.8. The van der Waals surface area contributed by atoms with Crippen LogP contribution in [0.25, 0.3) is 10.2 Å². The van der Waals surface area contributed by atoms with Gasteiger partial charge in [-0.3, -0.25) is 18.9 Å². The van der Waals surface area contributed by atoms with Crippen LogP contribution in [0, 0.1) is 6.92 Å². The molecule has 0 N–H and O–H groups in total. The van der Waals surface area contributed by atoms with E-state index in [9.17, 15) is 13.2 Å². The number of hydrogen-bond acceptors (Lipinski definition) is 7. The molecule has 0 unspecified atom stereocenters. The van der Waals surface area contributed by atoms with Crippen molar-refractivity contribution >= 4 is 72.3 Å². The number of halogens is 2. The maximum atomic E-state index is 14.0. The molecule has 0 bridgehead atoms. The number of anilines is 2. The van der Waals surface area contributed by atoms with Gasteiger partial charge in [0.15, 0.2) is 5.13 Å². The number of carbonyl (C=O) groups excluding carboxylic acids is 1. The summed E-state index contributed by atoms with van der Waals surface area (Å²) in [5, 5.41) is 1.24. The molecule has 2 aliphatic rings. The van der Waals surface area contributed by atoms with Gasteiger partial charge in [-0.15, -0.1) is 12.4 Å². The average Bonchev–Trinajstić information content (AvgIpc) is 3.46. The van der Waals surface area contributed by atoms with Crippen LogP contribution in [0.3, 0.4) is 0 Å². The number of amides is 1. The lowest BCUT2D eigenvalue weighted by Gasteiger charge is -2.30. The zero-order valence-electron chi connectivity index (χ0n) is 23.9. The molecule has 1 saturated heterocycles. The van der Waals surface area contributed by atoms with Crippen molar-refractivity contribution in [2.75, 3.05) is 55.1 Å². The first kappa shape index (κ1) is 31.7. The van der Waals surface area contributed by atoms with Crippen LogP contribution in [0.2, 0.25) is 5.02 Å². The van der Waals surface area contributed by atoms with E-state index in [1.807, 2.05) is 43.3 Å². The molecule has 1 amide bonds. The van der Waals surface area contributed by atoms with Gasteiger partial charge in [0.2, 0.25) is 0 Å². The molecule has 1 aromatic heterocycles. The topological polar surface area (TPSA) is 83.0 Å². The smallest absolute Gasteiger partial charge is 0.264 e. The Bertz CT molecular complexity index is 1710. The van der Waals surface area contributed by atoms with Crippen LogP contribution in [-0.4, -0.2) is 70.1 Å². The quantitative estimate of drug-likeness (QED) is 0.224. The number of morpholine rings is 1. The summed E-state index contributed by atoms with van der Waals surface area (Å²) < 4.78 is 35.2. The zero-order valence-corrected chi connectivity index (χ0v) is 27.1. The van der Waals surface area contributed by atoms with Gasteiger partial charge in [0.05, 0.1) is 34.0 Å². The van der Waals surface area contributed by atoms with Crippen LogP contribution in [0.5, 0.6) is 0 Å². The number of benzene rings is 3. The Morgan fingerprint density at radius 2 is 1.79 bits per heavy atom. The SMILES string of the molecule is Cc1c(Cl)ccc2sc(N(CCCN3CCOCC3)C(=O)c3ccc(S(=O)(=O)N4CCCc5ccccc54)cc3)nc12.Cl. The second-order valence-electron chi connectivity index (χ2n) is 10.6. The Labute approximate surface area is 267 Å². The lowest BCUT2D eigenvalue weighted by molar-refractivity contribution is 0.0376. The highest BCUT2D eigenvalue weighted by atomic mass is 35.5. The summed E-state index contributed by atoms with van der Waals surface area (Å²) in [6, 6.07) is 17.7. The minimum Gasteiger partial charge on any atom is -0.379 e. The van der Waals surface area contributed by atoms with Gasteiger partial charge in [-0.25, -0.2) is 13.4 Å². The molecule has 43 heavy (non-hydrogen) atoms. The minimum atomic E-state index is -3.77. The van der Waals surface area contributed by atoms with E-state index < -0.39 is 10.0 Å². The maximum Gasteiger partial charge on any atom is 0.264 e. The summed E-state index contributed by atoms with van der Waals surface area (Å²) in [7, 11) is -3.77. The van der Waals surface area contributed by atoms with Crippen LogP contribution in [0.4, 0.5) is 10.8 Å². The Morgan fingerprint density at radius 1 is 1.05 bits per heavy atom. The number of fused-ring (bicyclic) bond motifs is 2. The number of ether oxygens (including phenoxy) is 1. The predicted molar refractivity (Wildman–Crippen MR) is 176 cm³/mol. The lowest BCUT2D eigenvalue weighted by Crippen LogP contribution is -2.39. The van der Waals surface area contributed by atoms with Crippen molar-refractivity contribution in [3.05, 3.63) is 82.4 Å². The van der Waals surface area contributed by atoms with Gasteiger partial charge in [-0.05, 0) is 79.8 Å². The van der Waals surface area contributed by atoms with Crippen molar-refractivity contribution in [2.45, 2.75) is 31.1 Å². The third-order valence-corrected chi connectivity index (χ3v) is 11.2. The number of sulfonamides is 1. The fraction of sp³-hybridized carbons (Fsp3) is 0.355. The molecular weight excluding hydrogens is 627 g/mol. The number of para-hydroxylation sites is 1. The molecule has 3 aromatic carbocycles. The van der Waals surface area contributed by atoms with Crippen molar-refractivity contribution in [1.29, 1.82) is 0 Å². The van der Waals surface area contributed by atoms with Crippen molar-refractivity contribution in [3.8, 4) is 0 Å². The van der Waals surface area contributed by atoms with Gasteiger partial charge in [-0.1, -0.05) is 41.1 Å². The summed E-state index contributed by atoms with van der Waals surface area (Å²) in [5.41, 5.74) is 3.83. The van der Waals surface area contributed by atoms with Crippen molar-refractivity contribution in [3.63, 3.8) is 0 Å². The number of rotatable bonds is 8. The third-order valence-electron chi connectivity index (χ3n) is 7.93. The normalized spacial score (nSPS) is 15.6. The molecular formula is C31H34Cl2N4O4S2. The van der Waals surface area contributed by atoms with Gasteiger partial charge in [0, 0.05) is 43.3 Å². The molecule has 0 saturated carbocycles. The van der Waals surface area contributed by atoms with Gasteiger partial charge in [-0.2, -0.15) is 0 Å². The second-order valence-corrected chi connectivity index (χ2v) is 13.9. The van der Waals surface area contributed by atoms with Crippen LogP contribution in [0.15, 0.2) is 65.6 Å². The summed E-state index contributed by atoms with van der Waals surface area (Å²) in [5.74, 6) is -0.216. The number of aryl methyl sites for hydroxylation is 2. The number of hydrogen-bond donors (Lipinski definition) is 0. The fourth-order valence-corrected chi connectivity index (χ4v) is 8.31. The van der Waals surface area contributed by atoms with E-state index in [2.05, 4.69) is 4.90 Å². The van der Waals surface area contributed by atoms with Gasteiger partial charge in [0.1, 0.15) is 0 Å². The molecule has 12 heteroatoms. The highest BCUT2D eigenvalue weighted by Gasteiger charge is 2.30. The molecule has 3 heterocycles. The van der Waals surface area contributed by atoms with Crippen LogP contribution >= 0.6 is 35.3 Å². The molecule has 228 valence electrons.